The van der Waals surface area contributed by atoms with Crippen molar-refractivity contribution in [3.05, 3.63) is 63.2 Å². The minimum absolute atomic E-state index is 0.0956. The van der Waals surface area contributed by atoms with E-state index in [-0.39, 0.29) is 23.7 Å². The molecule has 34 heavy (non-hydrogen) atoms. The van der Waals surface area contributed by atoms with Crippen LogP contribution in [0.1, 0.15) is 12.8 Å². The summed E-state index contributed by atoms with van der Waals surface area (Å²) in [6.07, 6.45) is 0.784. The van der Waals surface area contributed by atoms with E-state index in [9.17, 15) is 27.7 Å². The number of non-ortho nitro benzene ring substituents is 1. The van der Waals surface area contributed by atoms with Crippen LogP contribution in [0.15, 0.2) is 52.4 Å². The van der Waals surface area contributed by atoms with Crippen molar-refractivity contribution < 1.29 is 27.3 Å². The summed E-state index contributed by atoms with van der Waals surface area (Å²) in [5.74, 6) is -1.19. The lowest BCUT2D eigenvalue weighted by Gasteiger charge is -2.21. The Bertz CT molecular complexity index is 1420. The van der Waals surface area contributed by atoms with E-state index in [0.29, 0.717) is 34.4 Å². The Kier molecular flexibility index (Phi) is 6.89. The van der Waals surface area contributed by atoms with Gasteiger partial charge in [-0.25, -0.2) is 12.8 Å². The van der Waals surface area contributed by atoms with Crippen molar-refractivity contribution in [1.82, 2.24) is 8.87 Å². The molecule has 1 amide bonds. The molecule has 3 aromatic rings. The first-order chi connectivity index (χ1) is 16.2. The van der Waals surface area contributed by atoms with E-state index >= 15 is 0 Å². The van der Waals surface area contributed by atoms with Crippen molar-refractivity contribution in [1.29, 1.82) is 0 Å². The van der Waals surface area contributed by atoms with Crippen LogP contribution in [0.2, 0.25) is 0 Å². The number of carbonyl (C=O) groups excluding carboxylic acids is 1. The maximum Gasteiger partial charge on any atom is 0.271 e. The molecule has 4 rings (SSSR count). The number of carbonyl (C=O) groups is 1. The molecule has 0 bridgehead atoms. The van der Waals surface area contributed by atoms with Crippen LogP contribution in [0, 0.1) is 15.9 Å². The van der Waals surface area contributed by atoms with Gasteiger partial charge in [-0.15, -0.1) is 0 Å². The summed E-state index contributed by atoms with van der Waals surface area (Å²) in [7, 11) is -2.51. The molecule has 0 aliphatic carbocycles. The number of halogens is 1. The van der Waals surface area contributed by atoms with E-state index in [4.69, 9.17) is 4.74 Å². The van der Waals surface area contributed by atoms with E-state index in [2.05, 4.69) is 4.99 Å². The average Bonchev–Trinajstić information content (AvgIpc) is 3.43. The number of benzene rings is 2. The molecule has 0 radical (unpaired) electrons. The SMILES string of the molecule is COCCn1c(=NC(=O)C2CCCN2S(=O)(=O)c2ccc(F)cc2)sc2ccc([N+](=O)[O-])cc21. The second-order valence-corrected chi connectivity index (χ2v) is 10.5. The normalized spacial score (nSPS) is 17.5. The Morgan fingerprint density at radius 3 is 2.71 bits per heavy atom. The highest BCUT2D eigenvalue weighted by Crippen LogP contribution is 2.27. The lowest BCUT2D eigenvalue weighted by atomic mass is 10.2. The zero-order valence-electron chi connectivity index (χ0n) is 18.1. The summed E-state index contributed by atoms with van der Waals surface area (Å²) in [5, 5.41) is 11.2. The summed E-state index contributed by atoms with van der Waals surface area (Å²) in [6, 6.07) is 7.82. The van der Waals surface area contributed by atoms with E-state index in [1.54, 1.807) is 10.6 Å². The van der Waals surface area contributed by atoms with Crippen LogP contribution in [-0.4, -0.2) is 54.4 Å². The van der Waals surface area contributed by atoms with Gasteiger partial charge in [0.15, 0.2) is 4.80 Å². The maximum absolute atomic E-state index is 13.3. The molecule has 13 heteroatoms. The molecule has 1 unspecified atom stereocenters. The number of nitro groups is 1. The molecule has 1 atom stereocenters. The van der Waals surface area contributed by atoms with Gasteiger partial charge < -0.3 is 9.30 Å². The largest absolute Gasteiger partial charge is 0.383 e. The van der Waals surface area contributed by atoms with Crippen molar-refractivity contribution in [2.75, 3.05) is 20.3 Å². The van der Waals surface area contributed by atoms with Crippen LogP contribution in [0.25, 0.3) is 10.2 Å². The van der Waals surface area contributed by atoms with Gasteiger partial charge in [0.1, 0.15) is 11.9 Å². The van der Waals surface area contributed by atoms with E-state index in [0.717, 1.165) is 16.4 Å². The molecule has 1 aromatic heterocycles. The number of nitrogens with zero attached hydrogens (tertiary/aromatic N) is 4. The lowest BCUT2D eigenvalue weighted by Crippen LogP contribution is -2.40. The van der Waals surface area contributed by atoms with Crippen LogP contribution in [0.4, 0.5) is 10.1 Å². The van der Waals surface area contributed by atoms with Gasteiger partial charge in [0.05, 0.1) is 26.6 Å². The van der Waals surface area contributed by atoms with Crippen LogP contribution >= 0.6 is 11.3 Å². The zero-order chi connectivity index (χ0) is 24.5. The van der Waals surface area contributed by atoms with Crippen LogP contribution in [-0.2, 0) is 26.1 Å². The molecule has 0 N–H and O–H groups in total. The smallest absolute Gasteiger partial charge is 0.271 e. The second-order valence-electron chi connectivity index (χ2n) is 7.62. The molecule has 1 fully saturated rings. The number of nitro benzene ring substituents is 1. The highest BCUT2D eigenvalue weighted by atomic mass is 32.2. The van der Waals surface area contributed by atoms with Gasteiger partial charge in [0.25, 0.3) is 11.6 Å². The third-order valence-electron chi connectivity index (χ3n) is 5.51. The minimum atomic E-state index is -4.02. The first kappa shape index (κ1) is 24.1. The Morgan fingerprint density at radius 2 is 2.03 bits per heavy atom. The Morgan fingerprint density at radius 1 is 1.29 bits per heavy atom. The highest BCUT2D eigenvalue weighted by molar-refractivity contribution is 7.89. The first-order valence-corrected chi connectivity index (χ1v) is 12.6. The van der Waals surface area contributed by atoms with E-state index < -0.39 is 32.7 Å². The number of hydrogen-bond donors (Lipinski definition) is 0. The summed E-state index contributed by atoms with van der Waals surface area (Å²) >= 11 is 1.18. The van der Waals surface area contributed by atoms with Crippen molar-refractivity contribution in [3.63, 3.8) is 0 Å². The summed E-state index contributed by atoms with van der Waals surface area (Å²) in [6.45, 7) is 0.727. The predicted octanol–water partition coefficient (Wildman–Crippen LogP) is 2.68. The number of methoxy groups -OCH3 is 1. The fraction of sp³-hybridized carbons (Fsp3) is 0.333. The molecular formula is C21H21FN4O6S2. The second kappa shape index (κ2) is 9.70. The van der Waals surface area contributed by atoms with E-state index in [1.165, 1.54) is 42.7 Å². The third kappa shape index (κ3) is 4.64. The third-order valence-corrected chi connectivity index (χ3v) is 8.49. The standard InChI is InChI=1S/C21H21FN4O6S2/c1-32-12-11-24-18-13-15(26(28)29)6-9-19(18)33-21(24)23-20(27)17-3-2-10-25(17)34(30,31)16-7-4-14(22)5-8-16/h4-9,13,17H,2-3,10-12H2,1H3. The minimum Gasteiger partial charge on any atom is -0.383 e. The van der Waals surface area contributed by atoms with E-state index in [1.807, 2.05) is 0 Å². The zero-order valence-corrected chi connectivity index (χ0v) is 19.7. The fourth-order valence-corrected chi connectivity index (χ4v) is 6.53. The first-order valence-electron chi connectivity index (χ1n) is 10.3. The van der Waals surface area contributed by atoms with Gasteiger partial charge in [0, 0.05) is 32.3 Å². The van der Waals surface area contributed by atoms with Gasteiger partial charge in [0.2, 0.25) is 10.0 Å². The Labute approximate surface area is 198 Å². The van der Waals surface area contributed by atoms with Crippen LogP contribution in [0.3, 0.4) is 0 Å². The summed E-state index contributed by atoms with van der Waals surface area (Å²) < 4.78 is 48.0. The van der Waals surface area contributed by atoms with Crippen molar-refractivity contribution in [2.24, 2.45) is 4.99 Å². The molecule has 1 saturated heterocycles. The number of hydrogen-bond acceptors (Lipinski definition) is 7. The summed E-state index contributed by atoms with van der Waals surface area (Å²) in [5.41, 5.74) is 0.437. The molecule has 0 spiro atoms. The monoisotopic (exact) mass is 508 g/mol. The Balaban J connectivity index is 1.73. The number of aromatic nitrogens is 1. The number of thiazole rings is 1. The molecule has 1 aliphatic rings. The quantitative estimate of drug-likeness (QED) is 0.357. The maximum atomic E-state index is 13.3. The Hall–Kier alpha value is -3.00. The van der Waals surface area contributed by atoms with Gasteiger partial charge in [-0.05, 0) is 43.2 Å². The number of ether oxygens (including phenoxy) is 1. The molecule has 10 nitrogen and oxygen atoms in total. The van der Waals surface area contributed by atoms with Gasteiger partial charge >= 0.3 is 0 Å². The van der Waals surface area contributed by atoms with Crippen molar-refractivity contribution in [3.8, 4) is 0 Å². The molecule has 0 saturated carbocycles. The number of sulfonamides is 1. The topological polar surface area (TPSA) is 124 Å². The van der Waals surface area contributed by atoms with Gasteiger partial charge in [-0.1, -0.05) is 11.3 Å². The number of fused-ring (bicyclic) bond motifs is 1. The number of amides is 1. The van der Waals surface area contributed by atoms with Gasteiger partial charge in [-0.3, -0.25) is 14.9 Å². The molecular weight excluding hydrogens is 487 g/mol. The van der Waals surface area contributed by atoms with Crippen LogP contribution in [0.5, 0.6) is 0 Å². The highest BCUT2D eigenvalue weighted by Gasteiger charge is 2.39. The van der Waals surface area contributed by atoms with Gasteiger partial charge in [-0.2, -0.15) is 9.30 Å². The molecule has 2 aromatic carbocycles. The van der Waals surface area contributed by atoms with Crippen molar-refractivity contribution >= 4 is 43.2 Å². The van der Waals surface area contributed by atoms with Crippen molar-refractivity contribution in [2.45, 2.75) is 30.3 Å². The predicted molar refractivity (Wildman–Crippen MR) is 122 cm³/mol. The lowest BCUT2D eigenvalue weighted by molar-refractivity contribution is -0.384. The molecule has 1 aliphatic heterocycles. The number of rotatable bonds is 7. The fourth-order valence-electron chi connectivity index (χ4n) is 3.84. The molecule has 180 valence electrons. The average molecular weight is 509 g/mol. The summed E-state index contributed by atoms with van der Waals surface area (Å²) in [4.78, 5) is 28.3. The van der Waals surface area contributed by atoms with Crippen LogP contribution < -0.4 is 4.80 Å². The molecule has 2 heterocycles.